The maximum atomic E-state index is 14.2. The fourth-order valence-corrected chi connectivity index (χ4v) is 4.69. The van der Waals surface area contributed by atoms with Gasteiger partial charge in [-0.1, -0.05) is 0 Å². The summed E-state index contributed by atoms with van der Waals surface area (Å²) in [5.41, 5.74) is -0.416. The monoisotopic (exact) mass is 488 g/mol. The zero-order chi connectivity index (χ0) is 24.8. The molecule has 2 aromatic carbocycles. The van der Waals surface area contributed by atoms with E-state index in [2.05, 4.69) is 0 Å². The molecule has 2 aliphatic rings. The van der Waals surface area contributed by atoms with Gasteiger partial charge in [0.15, 0.2) is 11.6 Å². The molecule has 2 aromatic rings. The Bertz CT molecular complexity index is 1040. The summed E-state index contributed by atoms with van der Waals surface area (Å²) in [5, 5.41) is 0. The van der Waals surface area contributed by atoms with Gasteiger partial charge in [-0.2, -0.15) is 0 Å². The number of carbonyl (C=O) groups excluding carboxylic acids is 2. The number of ether oxygens (including phenoxy) is 3. The summed E-state index contributed by atoms with van der Waals surface area (Å²) in [5.74, 6) is -0.736. The zero-order valence-electron chi connectivity index (χ0n) is 19.8. The van der Waals surface area contributed by atoms with E-state index < -0.39 is 11.2 Å². The Morgan fingerprint density at radius 1 is 1.03 bits per heavy atom. The highest BCUT2D eigenvalue weighted by Gasteiger charge is 2.41. The number of benzene rings is 2. The molecule has 2 saturated heterocycles. The molecule has 2 heterocycles. The Balaban J connectivity index is 1.53. The molecule has 0 radical (unpaired) electrons. The molecular weight excluding hydrogens is 458 g/mol. The molecule has 0 bridgehead atoms. The van der Waals surface area contributed by atoms with Crippen molar-refractivity contribution in [3.63, 3.8) is 0 Å². The first-order chi connectivity index (χ1) is 16.9. The first-order valence-corrected chi connectivity index (χ1v) is 11.8. The van der Waals surface area contributed by atoms with Gasteiger partial charge in [0.25, 0.3) is 5.91 Å². The van der Waals surface area contributed by atoms with Crippen molar-refractivity contribution in [2.75, 3.05) is 53.1 Å². The summed E-state index contributed by atoms with van der Waals surface area (Å²) >= 11 is 0. The Morgan fingerprint density at radius 2 is 1.77 bits per heavy atom. The number of hydrogen-bond donors (Lipinski definition) is 0. The largest absolute Gasteiger partial charge is 0.494 e. The number of rotatable bonds is 7. The minimum atomic E-state index is -0.636. The second kappa shape index (κ2) is 11.0. The van der Waals surface area contributed by atoms with Gasteiger partial charge < -0.3 is 24.0 Å². The molecule has 0 saturated carbocycles. The van der Waals surface area contributed by atoms with Crippen molar-refractivity contribution in [1.29, 1.82) is 0 Å². The predicted molar refractivity (Wildman–Crippen MR) is 124 cm³/mol. The number of halogens is 2. The molecule has 2 aliphatic heterocycles. The molecule has 4 rings (SSSR count). The van der Waals surface area contributed by atoms with Gasteiger partial charge in [-0.25, -0.2) is 8.78 Å². The Labute approximate surface area is 203 Å². The molecule has 188 valence electrons. The number of amides is 2. The molecule has 2 fully saturated rings. The van der Waals surface area contributed by atoms with E-state index in [0.29, 0.717) is 51.4 Å². The summed E-state index contributed by atoms with van der Waals surface area (Å²) in [6, 6.07) is 9.85. The van der Waals surface area contributed by atoms with Crippen molar-refractivity contribution >= 4 is 11.8 Å². The van der Waals surface area contributed by atoms with Crippen LogP contribution in [0.15, 0.2) is 42.5 Å². The first kappa shape index (κ1) is 24.9. The molecule has 7 nitrogen and oxygen atoms in total. The van der Waals surface area contributed by atoms with Gasteiger partial charge in [-0.05, 0) is 55.3 Å². The summed E-state index contributed by atoms with van der Waals surface area (Å²) in [7, 11) is 1.37. The number of hydrogen-bond acceptors (Lipinski definition) is 5. The fraction of sp³-hybridized carbons (Fsp3) is 0.462. The highest BCUT2D eigenvalue weighted by molar-refractivity contribution is 5.94. The molecule has 9 heteroatoms. The van der Waals surface area contributed by atoms with Crippen molar-refractivity contribution in [2.24, 2.45) is 5.41 Å². The van der Waals surface area contributed by atoms with Crippen LogP contribution in [-0.2, 0) is 9.53 Å². The fourth-order valence-electron chi connectivity index (χ4n) is 4.69. The van der Waals surface area contributed by atoms with E-state index >= 15 is 0 Å². The molecule has 0 spiro atoms. The average Bonchev–Trinajstić information content (AvgIpc) is 2.88. The van der Waals surface area contributed by atoms with Crippen molar-refractivity contribution in [2.45, 2.75) is 19.3 Å². The lowest BCUT2D eigenvalue weighted by molar-refractivity contribution is -0.139. The molecule has 0 aliphatic carbocycles. The zero-order valence-corrected chi connectivity index (χ0v) is 19.8. The van der Waals surface area contributed by atoms with Crippen LogP contribution in [0.3, 0.4) is 0 Å². The highest BCUT2D eigenvalue weighted by atomic mass is 19.1. The van der Waals surface area contributed by atoms with Crippen LogP contribution in [0.25, 0.3) is 0 Å². The second-order valence-electron chi connectivity index (χ2n) is 9.09. The Kier molecular flexibility index (Phi) is 7.85. The smallest absolute Gasteiger partial charge is 0.253 e. The van der Waals surface area contributed by atoms with Crippen molar-refractivity contribution in [1.82, 2.24) is 9.80 Å². The molecule has 0 aromatic heterocycles. The van der Waals surface area contributed by atoms with E-state index in [-0.39, 0.29) is 48.5 Å². The average molecular weight is 489 g/mol. The maximum absolute atomic E-state index is 14.2. The number of nitrogens with zero attached hydrogens (tertiary/aromatic N) is 2. The lowest BCUT2D eigenvalue weighted by Gasteiger charge is -2.43. The SMILES string of the molecule is COc1ccc(C(=O)N2CCC[C@](COc3ccc(F)cc3)(CC(=O)N3CCOCC3)C2)cc1F. The maximum Gasteiger partial charge on any atom is 0.253 e. The van der Waals surface area contributed by atoms with Crippen LogP contribution >= 0.6 is 0 Å². The topological polar surface area (TPSA) is 68.3 Å². The standard InChI is InChI=1S/C26H30F2N2O5/c1-33-23-8-3-19(15-22(23)28)25(32)30-10-2-9-26(17-30,16-24(31)29-11-13-34-14-12-29)18-35-21-6-4-20(27)5-7-21/h3-8,15H,2,9-14,16-18H2,1H3/t26-/m0/s1. The van der Waals surface area contributed by atoms with Crippen LogP contribution in [0.5, 0.6) is 11.5 Å². The minimum absolute atomic E-state index is 0.0132. The van der Waals surface area contributed by atoms with Gasteiger partial charge >= 0.3 is 0 Å². The van der Waals surface area contributed by atoms with Gasteiger partial charge in [-0.15, -0.1) is 0 Å². The van der Waals surface area contributed by atoms with E-state index in [4.69, 9.17) is 14.2 Å². The Morgan fingerprint density at radius 3 is 2.46 bits per heavy atom. The lowest BCUT2D eigenvalue weighted by atomic mass is 9.77. The molecule has 0 unspecified atom stereocenters. The molecule has 35 heavy (non-hydrogen) atoms. The molecule has 2 amide bonds. The normalized spacial score (nSPS) is 20.4. The summed E-state index contributed by atoms with van der Waals surface area (Å²) in [6.07, 6.45) is 1.56. The first-order valence-electron chi connectivity index (χ1n) is 11.8. The highest BCUT2D eigenvalue weighted by Crippen LogP contribution is 2.36. The van der Waals surface area contributed by atoms with Crippen LogP contribution in [0.1, 0.15) is 29.6 Å². The number of methoxy groups -OCH3 is 1. The van der Waals surface area contributed by atoms with Gasteiger partial charge in [-0.3, -0.25) is 9.59 Å². The van der Waals surface area contributed by atoms with Gasteiger partial charge in [0.1, 0.15) is 11.6 Å². The Hall–Kier alpha value is -3.20. The third-order valence-corrected chi connectivity index (χ3v) is 6.60. The van der Waals surface area contributed by atoms with E-state index in [1.165, 1.54) is 37.4 Å². The predicted octanol–water partition coefficient (Wildman–Crippen LogP) is 3.52. The van der Waals surface area contributed by atoms with Crippen LogP contribution in [-0.4, -0.2) is 74.7 Å². The van der Waals surface area contributed by atoms with Gasteiger partial charge in [0.2, 0.25) is 5.91 Å². The van der Waals surface area contributed by atoms with Crippen molar-refractivity contribution in [3.05, 3.63) is 59.7 Å². The number of piperidine rings is 1. The van der Waals surface area contributed by atoms with Crippen molar-refractivity contribution in [3.8, 4) is 11.5 Å². The van der Waals surface area contributed by atoms with Crippen LogP contribution in [0.2, 0.25) is 0 Å². The molecular formula is C26H30F2N2O5. The lowest BCUT2D eigenvalue weighted by Crippen LogP contribution is -2.52. The van der Waals surface area contributed by atoms with Crippen molar-refractivity contribution < 1.29 is 32.6 Å². The van der Waals surface area contributed by atoms with Gasteiger partial charge in [0, 0.05) is 43.6 Å². The quantitative estimate of drug-likeness (QED) is 0.597. The van der Waals surface area contributed by atoms with E-state index in [9.17, 15) is 18.4 Å². The third kappa shape index (κ3) is 6.08. The minimum Gasteiger partial charge on any atom is -0.494 e. The number of morpholine rings is 1. The van der Waals surface area contributed by atoms with E-state index in [0.717, 1.165) is 0 Å². The number of carbonyl (C=O) groups is 2. The van der Waals surface area contributed by atoms with E-state index in [1.54, 1.807) is 21.9 Å². The summed E-state index contributed by atoms with van der Waals surface area (Å²) < 4.78 is 43.9. The third-order valence-electron chi connectivity index (χ3n) is 6.60. The second-order valence-corrected chi connectivity index (χ2v) is 9.09. The van der Waals surface area contributed by atoms with Crippen LogP contribution in [0, 0.1) is 17.0 Å². The van der Waals surface area contributed by atoms with Gasteiger partial charge in [0.05, 0.1) is 26.9 Å². The van der Waals surface area contributed by atoms with Crippen LogP contribution < -0.4 is 9.47 Å². The summed E-state index contributed by atoms with van der Waals surface area (Å²) in [4.78, 5) is 29.9. The number of likely N-dealkylation sites (tertiary alicyclic amines) is 1. The van der Waals surface area contributed by atoms with Crippen LogP contribution in [0.4, 0.5) is 8.78 Å². The molecule has 1 atom stereocenters. The molecule has 0 N–H and O–H groups in total. The summed E-state index contributed by atoms with van der Waals surface area (Å²) in [6.45, 7) is 3.03. The van der Waals surface area contributed by atoms with E-state index in [1.807, 2.05) is 0 Å².